The van der Waals surface area contributed by atoms with Crippen molar-refractivity contribution in [2.45, 2.75) is 24.3 Å². The summed E-state index contributed by atoms with van der Waals surface area (Å²) < 4.78 is 43.5. The number of ether oxygens (including phenoxy) is 3. The molecule has 1 atom stereocenters. The smallest absolute Gasteiger partial charge is 0.307 e. The lowest BCUT2D eigenvalue weighted by atomic mass is 10.0. The number of nitro benzene ring substituents is 1. The minimum Gasteiger partial charge on any atom is -0.493 e. The molecule has 0 aliphatic heterocycles. The molecule has 0 aliphatic rings. The Balaban J connectivity index is 2.42. The van der Waals surface area contributed by atoms with Gasteiger partial charge in [-0.05, 0) is 24.6 Å². The first-order valence-electron chi connectivity index (χ1n) is 8.86. The molecule has 0 radical (unpaired) electrons. The van der Waals surface area contributed by atoms with Crippen LogP contribution in [0.15, 0.2) is 47.4 Å². The number of sulfonamides is 1. The molecule has 2 aromatic carbocycles. The zero-order valence-electron chi connectivity index (χ0n) is 16.7. The maximum absolute atomic E-state index is 12.9. The molecule has 0 saturated heterocycles. The van der Waals surface area contributed by atoms with Crippen LogP contribution in [-0.2, 0) is 19.6 Å². The number of carbonyl (C=O) groups excluding carboxylic acids is 1. The lowest BCUT2D eigenvalue weighted by Gasteiger charge is -2.19. The average Bonchev–Trinajstić information content (AvgIpc) is 2.72. The third kappa shape index (κ3) is 5.67. The van der Waals surface area contributed by atoms with Crippen LogP contribution in [0.3, 0.4) is 0 Å². The molecule has 11 heteroatoms. The molecule has 0 spiro atoms. The monoisotopic (exact) mass is 438 g/mol. The van der Waals surface area contributed by atoms with Crippen LogP contribution >= 0.6 is 0 Å². The SMILES string of the molecule is CCOC(=O)C[C@@H](NS(=O)(=O)c1ccc(OC)c(OC)c1)c1cccc([N+](=O)[O-])c1. The van der Waals surface area contributed by atoms with Gasteiger partial charge in [0.25, 0.3) is 5.69 Å². The van der Waals surface area contributed by atoms with Gasteiger partial charge in [0.1, 0.15) is 0 Å². The van der Waals surface area contributed by atoms with Gasteiger partial charge in [-0.25, -0.2) is 13.1 Å². The van der Waals surface area contributed by atoms with Gasteiger partial charge in [0.05, 0.1) is 43.1 Å². The number of hydrogen-bond donors (Lipinski definition) is 1. The summed E-state index contributed by atoms with van der Waals surface area (Å²) >= 11 is 0. The zero-order valence-corrected chi connectivity index (χ0v) is 17.5. The molecule has 0 heterocycles. The quantitative estimate of drug-likeness (QED) is 0.340. The Labute approximate surface area is 174 Å². The average molecular weight is 438 g/mol. The molecule has 0 unspecified atom stereocenters. The number of methoxy groups -OCH3 is 2. The highest BCUT2D eigenvalue weighted by atomic mass is 32.2. The first-order valence-corrected chi connectivity index (χ1v) is 10.3. The number of rotatable bonds is 10. The molecule has 0 aromatic heterocycles. The second-order valence-electron chi connectivity index (χ2n) is 6.05. The minimum atomic E-state index is -4.12. The molecule has 2 rings (SSSR count). The summed E-state index contributed by atoms with van der Waals surface area (Å²) in [6, 6.07) is 8.33. The van der Waals surface area contributed by atoms with Crippen molar-refractivity contribution in [1.29, 1.82) is 0 Å². The van der Waals surface area contributed by atoms with Gasteiger partial charge in [-0.2, -0.15) is 0 Å². The highest BCUT2D eigenvalue weighted by Gasteiger charge is 2.26. The molecule has 10 nitrogen and oxygen atoms in total. The molecule has 0 amide bonds. The number of hydrogen-bond acceptors (Lipinski definition) is 8. The van der Waals surface area contributed by atoms with Gasteiger partial charge in [-0.3, -0.25) is 14.9 Å². The van der Waals surface area contributed by atoms with E-state index in [1.807, 2.05) is 0 Å². The highest BCUT2D eigenvalue weighted by Crippen LogP contribution is 2.31. The van der Waals surface area contributed by atoms with Crippen molar-refractivity contribution >= 4 is 21.7 Å². The maximum Gasteiger partial charge on any atom is 0.307 e. The summed E-state index contributed by atoms with van der Waals surface area (Å²) in [5, 5.41) is 11.1. The fourth-order valence-corrected chi connectivity index (χ4v) is 3.95. The molecule has 1 N–H and O–H groups in total. The van der Waals surface area contributed by atoms with Crippen LogP contribution in [0.5, 0.6) is 11.5 Å². The van der Waals surface area contributed by atoms with E-state index in [9.17, 15) is 23.3 Å². The largest absolute Gasteiger partial charge is 0.493 e. The fraction of sp³-hybridized carbons (Fsp3) is 0.316. The van der Waals surface area contributed by atoms with Gasteiger partial charge in [0, 0.05) is 18.2 Å². The van der Waals surface area contributed by atoms with Crippen molar-refractivity contribution in [3.8, 4) is 11.5 Å². The van der Waals surface area contributed by atoms with Gasteiger partial charge in [-0.15, -0.1) is 0 Å². The van der Waals surface area contributed by atoms with E-state index < -0.39 is 27.0 Å². The predicted molar refractivity (Wildman–Crippen MR) is 107 cm³/mol. The number of nitro groups is 1. The topological polar surface area (TPSA) is 134 Å². The van der Waals surface area contributed by atoms with Crippen LogP contribution < -0.4 is 14.2 Å². The van der Waals surface area contributed by atoms with Crippen molar-refractivity contribution in [3.05, 3.63) is 58.1 Å². The Bertz CT molecular complexity index is 1020. The Morgan fingerprint density at radius 3 is 2.43 bits per heavy atom. The number of esters is 1. The third-order valence-electron chi connectivity index (χ3n) is 4.12. The molecular weight excluding hydrogens is 416 g/mol. The molecule has 0 fully saturated rings. The lowest BCUT2D eigenvalue weighted by Crippen LogP contribution is -2.31. The standard InChI is InChI=1S/C19H22N2O8S/c1-4-29-19(22)12-16(13-6-5-7-14(10-13)21(23)24)20-30(25,26)15-8-9-17(27-2)18(11-15)28-3/h5-11,16,20H,4,12H2,1-3H3/t16-/m1/s1. The van der Waals surface area contributed by atoms with E-state index in [-0.39, 0.29) is 34.9 Å². The maximum atomic E-state index is 12.9. The Hall–Kier alpha value is -3.18. The minimum absolute atomic E-state index is 0.114. The summed E-state index contributed by atoms with van der Waals surface area (Å²) in [5.74, 6) is -0.0973. The first-order chi connectivity index (χ1) is 14.2. The van der Waals surface area contributed by atoms with E-state index >= 15 is 0 Å². The van der Waals surface area contributed by atoms with Crippen LogP contribution in [0.25, 0.3) is 0 Å². The predicted octanol–water partition coefficient (Wildman–Crippen LogP) is 2.58. The van der Waals surface area contributed by atoms with Crippen molar-refractivity contribution in [2.75, 3.05) is 20.8 Å². The number of benzene rings is 2. The Morgan fingerprint density at radius 1 is 1.13 bits per heavy atom. The number of non-ortho nitro benzene ring substituents is 1. The van der Waals surface area contributed by atoms with Gasteiger partial charge in [0.2, 0.25) is 10.0 Å². The van der Waals surface area contributed by atoms with E-state index in [4.69, 9.17) is 14.2 Å². The molecular formula is C19H22N2O8S. The Morgan fingerprint density at radius 2 is 1.83 bits per heavy atom. The van der Waals surface area contributed by atoms with Crippen molar-refractivity contribution in [2.24, 2.45) is 0 Å². The second kappa shape index (κ2) is 10.0. The van der Waals surface area contributed by atoms with Crippen LogP contribution in [-0.4, -0.2) is 40.1 Å². The molecule has 0 bridgehead atoms. The fourth-order valence-electron chi connectivity index (χ4n) is 2.71. The molecule has 2 aromatic rings. The number of nitrogens with zero attached hydrogens (tertiary/aromatic N) is 1. The van der Waals surface area contributed by atoms with Crippen LogP contribution in [0.2, 0.25) is 0 Å². The first kappa shape index (κ1) is 23.1. The van der Waals surface area contributed by atoms with E-state index in [1.54, 1.807) is 6.92 Å². The van der Waals surface area contributed by atoms with E-state index in [1.165, 1.54) is 56.7 Å². The van der Waals surface area contributed by atoms with Crippen molar-refractivity contribution in [3.63, 3.8) is 0 Å². The van der Waals surface area contributed by atoms with Gasteiger partial charge >= 0.3 is 5.97 Å². The molecule has 0 saturated carbocycles. The summed E-state index contributed by atoms with van der Waals surface area (Å²) in [6.07, 6.45) is -0.346. The molecule has 0 aliphatic carbocycles. The van der Waals surface area contributed by atoms with Crippen LogP contribution in [0.1, 0.15) is 24.9 Å². The van der Waals surface area contributed by atoms with Crippen molar-refractivity contribution < 1.29 is 32.3 Å². The molecule has 30 heavy (non-hydrogen) atoms. The van der Waals surface area contributed by atoms with E-state index in [0.29, 0.717) is 5.75 Å². The molecule has 162 valence electrons. The summed E-state index contributed by atoms with van der Waals surface area (Å²) in [4.78, 5) is 22.4. The number of carbonyl (C=O) groups is 1. The second-order valence-corrected chi connectivity index (χ2v) is 7.77. The van der Waals surface area contributed by atoms with Gasteiger partial charge in [-0.1, -0.05) is 12.1 Å². The van der Waals surface area contributed by atoms with Gasteiger partial charge < -0.3 is 14.2 Å². The normalized spacial score (nSPS) is 12.1. The Kier molecular flexibility index (Phi) is 7.72. The number of nitrogens with one attached hydrogen (secondary N) is 1. The zero-order chi connectivity index (χ0) is 22.3. The summed E-state index contributed by atoms with van der Waals surface area (Å²) in [5.41, 5.74) is 0.0213. The van der Waals surface area contributed by atoms with E-state index in [2.05, 4.69) is 4.72 Å². The van der Waals surface area contributed by atoms with Gasteiger partial charge in [0.15, 0.2) is 11.5 Å². The van der Waals surface area contributed by atoms with Crippen LogP contribution in [0, 0.1) is 10.1 Å². The third-order valence-corrected chi connectivity index (χ3v) is 5.59. The summed E-state index contributed by atoms with van der Waals surface area (Å²) in [7, 11) is -1.33. The highest BCUT2D eigenvalue weighted by molar-refractivity contribution is 7.89. The summed E-state index contributed by atoms with van der Waals surface area (Å²) in [6.45, 7) is 1.73. The van der Waals surface area contributed by atoms with Crippen LogP contribution in [0.4, 0.5) is 5.69 Å². The van der Waals surface area contributed by atoms with E-state index in [0.717, 1.165) is 0 Å². The van der Waals surface area contributed by atoms with Crippen molar-refractivity contribution in [1.82, 2.24) is 4.72 Å². The lowest BCUT2D eigenvalue weighted by molar-refractivity contribution is -0.384.